The van der Waals surface area contributed by atoms with Crippen molar-refractivity contribution >= 4 is 6.08 Å². The van der Waals surface area contributed by atoms with Crippen LogP contribution in [0.2, 0.25) is 0 Å². The Kier molecular flexibility index (Phi) is 5.76. The van der Waals surface area contributed by atoms with Gasteiger partial charge in [-0.05, 0) is 67.7 Å². The Morgan fingerprint density at radius 3 is 2.33 bits per heavy atom. The molecule has 0 aromatic heterocycles. The average molecular weight is 329 g/mol. The van der Waals surface area contributed by atoms with Crippen LogP contribution >= 0.6 is 0 Å². The van der Waals surface area contributed by atoms with E-state index >= 15 is 0 Å². The lowest BCUT2D eigenvalue weighted by Crippen LogP contribution is -2.21. The quantitative estimate of drug-likeness (QED) is 0.648. The molecule has 0 fully saturated rings. The van der Waals surface area contributed by atoms with Crippen molar-refractivity contribution in [1.29, 1.82) is 0 Å². The number of allylic oxidation sites excluding steroid dienone is 1. The van der Waals surface area contributed by atoms with E-state index in [0.29, 0.717) is 0 Å². The Labute approximate surface area is 143 Å². The van der Waals surface area contributed by atoms with Gasteiger partial charge in [-0.25, -0.2) is 8.78 Å². The summed E-state index contributed by atoms with van der Waals surface area (Å²) in [4.78, 5) is 2.11. The molecule has 0 spiro atoms. The summed E-state index contributed by atoms with van der Waals surface area (Å²) < 4.78 is 26.7. The third kappa shape index (κ3) is 4.02. The van der Waals surface area contributed by atoms with Crippen LogP contribution in [0.1, 0.15) is 48.6 Å². The summed E-state index contributed by atoms with van der Waals surface area (Å²) in [5.41, 5.74) is 5.59. The third-order valence-electron chi connectivity index (χ3n) is 4.69. The van der Waals surface area contributed by atoms with Crippen LogP contribution in [0, 0.1) is 25.5 Å². The van der Waals surface area contributed by atoms with Crippen molar-refractivity contribution in [2.75, 3.05) is 7.05 Å². The second-order valence-electron chi connectivity index (χ2n) is 6.29. The number of nitrogens with zero attached hydrogens (tertiary/aromatic N) is 1. The van der Waals surface area contributed by atoms with Gasteiger partial charge in [0.1, 0.15) is 0 Å². The second-order valence-corrected chi connectivity index (χ2v) is 6.29. The number of aryl methyl sites for hydroxylation is 2. The zero-order valence-electron chi connectivity index (χ0n) is 15.0. The molecule has 0 aliphatic rings. The highest BCUT2D eigenvalue weighted by atomic mass is 19.2. The first kappa shape index (κ1) is 18.2. The molecule has 0 saturated carbocycles. The topological polar surface area (TPSA) is 3.24 Å². The van der Waals surface area contributed by atoms with Crippen LogP contribution in [0.25, 0.3) is 6.08 Å². The van der Waals surface area contributed by atoms with Gasteiger partial charge < -0.3 is 4.90 Å². The van der Waals surface area contributed by atoms with Crippen molar-refractivity contribution in [2.45, 2.75) is 40.2 Å². The molecule has 2 aromatic rings. The lowest BCUT2D eigenvalue weighted by molar-refractivity contribution is 0.323. The molecule has 2 aromatic carbocycles. The van der Waals surface area contributed by atoms with E-state index in [0.717, 1.165) is 23.2 Å². The number of hydrogen-bond acceptors (Lipinski definition) is 1. The Morgan fingerprint density at radius 2 is 1.75 bits per heavy atom. The zero-order chi connectivity index (χ0) is 17.9. The molecular formula is C21H25F2N. The minimum Gasteiger partial charge on any atom is -0.371 e. The van der Waals surface area contributed by atoms with E-state index < -0.39 is 11.6 Å². The van der Waals surface area contributed by atoms with E-state index in [4.69, 9.17) is 0 Å². The molecule has 1 unspecified atom stereocenters. The van der Waals surface area contributed by atoms with Gasteiger partial charge in [-0.3, -0.25) is 0 Å². The summed E-state index contributed by atoms with van der Waals surface area (Å²) in [7, 11) is 1.99. The van der Waals surface area contributed by atoms with Crippen LogP contribution in [-0.2, 0) is 0 Å². The maximum Gasteiger partial charge on any atom is 0.159 e. The predicted molar refractivity (Wildman–Crippen MR) is 96.7 cm³/mol. The van der Waals surface area contributed by atoms with Gasteiger partial charge in [0.15, 0.2) is 11.6 Å². The lowest BCUT2D eigenvalue weighted by atomic mass is 10.0. The maximum absolute atomic E-state index is 13.5. The molecule has 1 atom stereocenters. The van der Waals surface area contributed by atoms with Crippen molar-refractivity contribution in [1.82, 2.24) is 4.90 Å². The molecule has 3 heteroatoms. The molecule has 0 aliphatic heterocycles. The van der Waals surface area contributed by atoms with Crippen molar-refractivity contribution < 1.29 is 8.78 Å². The SMILES string of the molecule is CC/C(=C/c1ccc(C)c(C)c1)N(C)C(C)c1ccc(F)c(F)c1. The fourth-order valence-electron chi connectivity index (χ4n) is 2.74. The van der Waals surface area contributed by atoms with Crippen molar-refractivity contribution in [3.05, 3.63) is 76.0 Å². The van der Waals surface area contributed by atoms with Crippen LogP contribution in [0.5, 0.6) is 0 Å². The number of hydrogen-bond donors (Lipinski definition) is 0. The normalized spacial score (nSPS) is 13.0. The molecule has 128 valence electrons. The summed E-state index contributed by atoms with van der Waals surface area (Å²) in [6.07, 6.45) is 3.01. The molecule has 0 bridgehead atoms. The van der Waals surface area contributed by atoms with E-state index in [2.05, 4.69) is 49.9 Å². The van der Waals surface area contributed by atoms with Gasteiger partial charge >= 0.3 is 0 Å². The highest BCUT2D eigenvalue weighted by Crippen LogP contribution is 2.26. The molecule has 24 heavy (non-hydrogen) atoms. The first-order valence-corrected chi connectivity index (χ1v) is 8.29. The highest BCUT2D eigenvalue weighted by molar-refractivity contribution is 5.54. The van der Waals surface area contributed by atoms with Gasteiger partial charge in [0.2, 0.25) is 0 Å². The summed E-state index contributed by atoms with van der Waals surface area (Å²) in [5.74, 6) is -1.61. The number of halogens is 2. The Balaban J connectivity index is 2.29. The van der Waals surface area contributed by atoms with Gasteiger partial charge in [-0.2, -0.15) is 0 Å². The summed E-state index contributed by atoms with van der Waals surface area (Å²) >= 11 is 0. The van der Waals surface area contributed by atoms with Crippen LogP contribution in [-0.4, -0.2) is 11.9 Å². The van der Waals surface area contributed by atoms with Crippen molar-refractivity contribution in [2.24, 2.45) is 0 Å². The van der Waals surface area contributed by atoms with Gasteiger partial charge in [0, 0.05) is 12.7 Å². The first-order valence-electron chi connectivity index (χ1n) is 8.29. The third-order valence-corrected chi connectivity index (χ3v) is 4.69. The standard InChI is InChI=1S/C21H25F2N/c1-6-19(12-17-8-7-14(2)15(3)11-17)24(5)16(4)18-9-10-20(22)21(23)13-18/h7-13,16H,6H2,1-5H3/b19-12-. The average Bonchev–Trinajstić information content (AvgIpc) is 2.57. The van der Waals surface area contributed by atoms with Crippen molar-refractivity contribution in [3.8, 4) is 0 Å². The van der Waals surface area contributed by atoms with Crippen LogP contribution in [0.4, 0.5) is 8.78 Å². The smallest absolute Gasteiger partial charge is 0.159 e. The van der Waals surface area contributed by atoms with Crippen LogP contribution in [0.15, 0.2) is 42.1 Å². The van der Waals surface area contributed by atoms with Gasteiger partial charge in [-0.15, -0.1) is 0 Å². The largest absolute Gasteiger partial charge is 0.371 e. The van der Waals surface area contributed by atoms with Crippen LogP contribution in [0.3, 0.4) is 0 Å². The summed E-state index contributed by atoms with van der Waals surface area (Å²) in [5, 5.41) is 0. The minimum atomic E-state index is -0.810. The van der Waals surface area contributed by atoms with E-state index in [1.165, 1.54) is 23.3 Å². The van der Waals surface area contributed by atoms with E-state index in [1.807, 2.05) is 14.0 Å². The predicted octanol–water partition coefficient (Wildman–Crippen LogP) is 6.03. The molecule has 1 nitrogen and oxygen atoms in total. The maximum atomic E-state index is 13.5. The Morgan fingerprint density at radius 1 is 1.04 bits per heavy atom. The monoisotopic (exact) mass is 329 g/mol. The fraction of sp³-hybridized carbons (Fsp3) is 0.333. The van der Waals surface area contributed by atoms with Crippen molar-refractivity contribution in [3.63, 3.8) is 0 Å². The lowest BCUT2D eigenvalue weighted by Gasteiger charge is -2.29. The molecule has 0 radical (unpaired) electrons. The molecule has 0 aliphatic carbocycles. The Hall–Kier alpha value is -2.16. The molecular weight excluding hydrogens is 304 g/mol. The molecule has 0 saturated heterocycles. The zero-order valence-corrected chi connectivity index (χ0v) is 15.0. The van der Waals surface area contributed by atoms with Gasteiger partial charge in [0.25, 0.3) is 0 Å². The molecule has 0 amide bonds. The van der Waals surface area contributed by atoms with E-state index in [-0.39, 0.29) is 6.04 Å². The summed E-state index contributed by atoms with van der Waals surface area (Å²) in [6.45, 7) is 8.30. The van der Waals surface area contributed by atoms with E-state index in [1.54, 1.807) is 6.07 Å². The molecule has 0 N–H and O–H groups in total. The molecule has 2 rings (SSSR count). The second kappa shape index (κ2) is 7.61. The Bertz CT molecular complexity index is 749. The minimum absolute atomic E-state index is 0.0437. The molecule has 0 heterocycles. The number of rotatable bonds is 5. The number of benzene rings is 2. The first-order chi connectivity index (χ1) is 11.3. The highest BCUT2D eigenvalue weighted by Gasteiger charge is 2.15. The summed E-state index contributed by atoms with van der Waals surface area (Å²) in [6, 6.07) is 10.5. The van der Waals surface area contributed by atoms with Gasteiger partial charge in [0.05, 0.1) is 6.04 Å². The van der Waals surface area contributed by atoms with E-state index in [9.17, 15) is 8.78 Å². The fourth-order valence-corrected chi connectivity index (χ4v) is 2.74. The van der Waals surface area contributed by atoms with Gasteiger partial charge in [-0.1, -0.05) is 31.2 Å². The van der Waals surface area contributed by atoms with Crippen LogP contribution < -0.4 is 0 Å².